The summed E-state index contributed by atoms with van der Waals surface area (Å²) >= 11 is 1.25. The molecule has 1 unspecified atom stereocenters. The van der Waals surface area contributed by atoms with Gasteiger partial charge in [0.25, 0.3) is 0 Å². The van der Waals surface area contributed by atoms with Crippen LogP contribution in [-0.4, -0.2) is 34.3 Å². The van der Waals surface area contributed by atoms with Gasteiger partial charge >= 0.3 is 0 Å². The fraction of sp³-hybridized carbons (Fsp3) is 0.136. The first kappa shape index (κ1) is 22.8. The number of nitrogens with one attached hydrogen (secondary N) is 1. The molecule has 4 aromatic rings. The van der Waals surface area contributed by atoms with E-state index in [1.165, 1.54) is 36.0 Å². The summed E-state index contributed by atoms with van der Waals surface area (Å²) < 4.78 is 30.1. The predicted molar refractivity (Wildman–Crippen MR) is 126 cm³/mol. The lowest BCUT2D eigenvalue weighted by atomic mass is 10.2. The molecule has 4 rings (SSSR count). The SMILES string of the molecule is Cc1occc1-c1nnc(SC(C)C(=O)Nc2ccc(S(N)(=O)=O)cc2)n1-c1ccccc1. The molecule has 170 valence electrons. The molecule has 2 aromatic carbocycles. The van der Waals surface area contributed by atoms with Crippen LogP contribution in [0.2, 0.25) is 0 Å². The number of carbonyl (C=O) groups is 1. The summed E-state index contributed by atoms with van der Waals surface area (Å²) in [6.07, 6.45) is 1.60. The molecule has 0 aliphatic rings. The minimum Gasteiger partial charge on any atom is -0.469 e. The molecular formula is C22H21N5O4S2. The van der Waals surface area contributed by atoms with Crippen LogP contribution in [0.25, 0.3) is 17.1 Å². The number of furan rings is 1. The van der Waals surface area contributed by atoms with E-state index in [4.69, 9.17) is 9.56 Å². The lowest BCUT2D eigenvalue weighted by Gasteiger charge is -2.14. The van der Waals surface area contributed by atoms with Gasteiger partial charge in [0.2, 0.25) is 15.9 Å². The third-order valence-electron chi connectivity index (χ3n) is 4.85. The molecule has 0 saturated carbocycles. The first-order chi connectivity index (χ1) is 15.7. The number of amides is 1. The number of nitrogens with zero attached hydrogens (tertiary/aromatic N) is 3. The Kier molecular flexibility index (Phi) is 6.36. The van der Waals surface area contributed by atoms with E-state index in [0.29, 0.717) is 22.4 Å². The van der Waals surface area contributed by atoms with Crippen LogP contribution >= 0.6 is 11.8 Å². The Hall–Kier alpha value is -3.41. The Morgan fingerprint density at radius 2 is 1.79 bits per heavy atom. The van der Waals surface area contributed by atoms with E-state index in [-0.39, 0.29) is 10.8 Å². The molecule has 1 amide bonds. The smallest absolute Gasteiger partial charge is 0.238 e. The van der Waals surface area contributed by atoms with Crippen LogP contribution in [0.5, 0.6) is 0 Å². The second-order valence-corrected chi connectivity index (χ2v) is 10.1. The second-order valence-electron chi connectivity index (χ2n) is 7.19. The molecule has 0 bridgehead atoms. The van der Waals surface area contributed by atoms with Crippen molar-refractivity contribution in [1.82, 2.24) is 14.8 Å². The van der Waals surface area contributed by atoms with Crippen molar-refractivity contribution >= 4 is 33.4 Å². The zero-order valence-electron chi connectivity index (χ0n) is 17.8. The fourth-order valence-corrected chi connectivity index (χ4v) is 4.51. The summed E-state index contributed by atoms with van der Waals surface area (Å²) in [6.45, 7) is 3.61. The molecule has 2 aromatic heterocycles. The zero-order chi connectivity index (χ0) is 23.6. The first-order valence-electron chi connectivity index (χ1n) is 9.90. The molecule has 2 heterocycles. The normalized spacial score (nSPS) is 12.5. The van der Waals surface area contributed by atoms with Crippen molar-refractivity contribution in [1.29, 1.82) is 0 Å². The molecule has 0 radical (unpaired) electrons. The number of rotatable bonds is 7. The van der Waals surface area contributed by atoms with Crippen molar-refractivity contribution in [3.8, 4) is 17.1 Å². The van der Waals surface area contributed by atoms with Gasteiger partial charge < -0.3 is 9.73 Å². The van der Waals surface area contributed by atoms with Crippen molar-refractivity contribution in [2.45, 2.75) is 29.1 Å². The second kappa shape index (κ2) is 9.22. The van der Waals surface area contributed by atoms with Crippen molar-refractivity contribution in [3.63, 3.8) is 0 Å². The Balaban J connectivity index is 1.58. The minimum absolute atomic E-state index is 0.0269. The minimum atomic E-state index is -3.80. The fourth-order valence-electron chi connectivity index (χ4n) is 3.13. The summed E-state index contributed by atoms with van der Waals surface area (Å²) in [5.41, 5.74) is 2.12. The molecule has 0 fully saturated rings. The Morgan fingerprint density at radius 1 is 1.09 bits per heavy atom. The van der Waals surface area contributed by atoms with E-state index < -0.39 is 15.3 Å². The number of para-hydroxylation sites is 1. The number of nitrogens with two attached hydrogens (primary N) is 1. The molecule has 0 aliphatic heterocycles. The van der Waals surface area contributed by atoms with E-state index in [1.807, 2.05) is 47.9 Å². The third kappa shape index (κ3) is 5.00. The van der Waals surface area contributed by atoms with E-state index in [1.54, 1.807) is 13.2 Å². The lowest BCUT2D eigenvalue weighted by Crippen LogP contribution is -2.23. The molecule has 11 heteroatoms. The summed E-state index contributed by atoms with van der Waals surface area (Å²) in [5, 5.41) is 16.6. The van der Waals surface area contributed by atoms with Gasteiger partial charge in [0, 0.05) is 11.4 Å². The summed E-state index contributed by atoms with van der Waals surface area (Å²) in [7, 11) is -3.80. The van der Waals surface area contributed by atoms with Crippen LogP contribution < -0.4 is 10.5 Å². The molecule has 1 atom stereocenters. The number of aryl methyl sites for hydroxylation is 1. The van der Waals surface area contributed by atoms with Crippen LogP contribution in [0, 0.1) is 6.92 Å². The number of aromatic nitrogens is 3. The highest BCUT2D eigenvalue weighted by molar-refractivity contribution is 8.00. The first-order valence-corrected chi connectivity index (χ1v) is 12.3. The molecule has 0 spiro atoms. The Morgan fingerprint density at radius 3 is 2.39 bits per heavy atom. The number of primary sulfonamides is 1. The number of thioether (sulfide) groups is 1. The van der Waals surface area contributed by atoms with E-state index in [0.717, 1.165) is 11.3 Å². The highest BCUT2D eigenvalue weighted by Gasteiger charge is 2.23. The lowest BCUT2D eigenvalue weighted by molar-refractivity contribution is -0.115. The van der Waals surface area contributed by atoms with Crippen molar-refractivity contribution < 1.29 is 17.6 Å². The molecular weight excluding hydrogens is 462 g/mol. The van der Waals surface area contributed by atoms with Gasteiger partial charge in [-0.15, -0.1) is 10.2 Å². The maximum Gasteiger partial charge on any atom is 0.238 e. The number of hydrogen-bond acceptors (Lipinski definition) is 7. The molecule has 0 saturated heterocycles. The van der Waals surface area contributed by atoms with Gasteiger partial charge in [0.05, 0.1) is 22.0 Å². The molecule has 9 nitrogen and oxygen atoms in total. The molecule has 3 N–H and O–H groups in total. The van der Waals surface area contributed by atoms with Crippen molar-refractivity contribution in [3.05, 3.63) is 72.7 Å². The predicted octanol–water partition coefficient (Wildman–Crippen LogP) is 3.60. The van der Waals surface area contributed by atoms with Crippen molar-refractivity contribution in [2.24, 2.45) is 5.14 Å². The monoisotopic (exact) mass is 483 g/mol. The quantitative estimate of drug-likeness (QED) is 0.384. The number of anilines is 1. The highest BCUT2D eigenvalue weighted by Crippen LogP contribution is 2.32. The van der Waals surface area contributed by atoms with Gasteiger partial charge in [-0.2, -0.15) is 0 Å². The number of hydrogen-bond donors (Lipinski definition) is 2. The number of sulfonamides is 1. The Bertz CT molecular complexity index is 1380. The van der Waals surface area contributed by atoms with E-state index in [9.17, 15) is 13.2 Å². The summed E-state index contributed by atoms with van der Waals surface area (Å²) in [5.74, 6) is 1.05. The van der Waals surface area contributed by atoms with Gasteiger partial charge in [0.1, 0.15) is 5.76 Å². The average Bonchev–Trinajstić information content (AvgIpc) is 3.39. The topological polar surface area (TPSA) is 133 Å². The van der Waals surface area contributed by atoms with Crippen LogP contribution in [-0.2, 0) is 14.8 Å². The summed E-state index contributed by atoms with van der Waals surface area (Å²) in [6, 6.07) is 17.1. The summed E-state index contributed by atoms with van der Waals surface area (Å²) in [4.78, 5) is 12.8. The standard InChI is InChI=1S/C22H21N5O4S2/c1-14-19(12-13-31-14)20-25-26-22(27(20)17-6-4-3-5-7-17)32-15(2)21(28)24-16-8-10-18(11-9-16)33(23,29)30/h3-13,15H,1-2H3,(H,24,28)(H2,23,29,30). The number of benzene rings is 2. The van der Waals surface area contributed by atoms with Crippen LogP contribution in [0.15, 0.2) is 81.4 Å². The van der Waals surface area contributed by atoms with Crippen LogP contribution in [0.3, 0.4) is 0 Å². The average molecular weight is 484 g/mol. The Labute approximate surface area is 195 Å². The molecule has 33 heavy (non-hydrogen) atoms. The maximum absolute atomic E-state index is 12.8. The third-order valence-corrected chi connectivity index (χ3v) is 6.82. The van der Waals surface area contributed by atoms with Crippen LogP contribution in [0.4, 0.5) is 5.69 Å². The highest BCUT2D eigenvalue weighted by atomic mass is 32.2. The van der Waals surface area contributed by atoms with E-state index in [2.05, 4.69) is 15.5 Å². The largest absolute Gasteiger partial charge is 0.469 e. The molecule has 0 aliphatic carbocycles. The van der Waals surface area contributed by atoms with Gasteiger partial charge in [-0.1, -0.05) is 30.0 Å². The van der Waals surface area contributed by atoms with Gasteiger partial charge in [-0.3, -0.25) is 9.36 Å². The maximum atomic E-state index is 12.8. The number of carbonyl (C=O) groups excluding carboxylic acids is 1. The van der Waals surface area contributed by atoms with Crippen molar-refractivity contribution in [2.75, 3.05) is 5.32 Å². The van der Waals surface area contributed by atoms with Crippen LogP contribution in [0.1, 0.15) is 12.7 Å². The van der Waals surface area contributed by atoms with Gasteiger partial charge in [-0.05, 0) is 56.3 Å². The zero-order valence-corrected chi connectivity index (χ0v) is 19.4. The van der Waals surface area contributed by atoms with E-state index >= 15 is 0 Å². The van der Waals surface area contributed by atoms with Gasteiger partial charge in [0.15, 0.2) is 11.0 Å². The van der Waals surface area contributed by atoms with Gasteiger partial charge in [-0.25, -0.2) is 13.6 Å².